The highest BCUT2D eigenvalue weighted by atomic mass is 32.2. The molecule has 0 aliphatic carbocycles. The quantitative estimate of drug-likeness (QED) is 0.335. The molecule has 1 aliphatic heterocycles. The van der Waals surface area contributed by atoms with Crippen molar-refractivity contribution < 1.29 is 4.79 Å². The van der Waals surface area contributed by atoms with Crippen LogP contribution in [0.2, 0.25) is 0 Å². The Kier molecular flexibility index (Phi) is 6.56. The summed E-state index contributed by atoms with van der Waals surface area (Å²) in [5.74, 6) is 1.18. The van der Waals surface area contributed by atoms with Gasteiger partial charge in [-0.3, -0.25) is 9.36 Å². The van der Waals surface area contributed by atoms with E-state index in [2.05, 4.69) is 56.9 Å². The summed E-state index contributed by atoms with van der Waals surface area (Å²) < 4.78 is 3.22. The van der Waals surface area contributed by atoms with Gasteiger partial charge in [-0.05, 0) is 51.0 Å². The summed E-state index contributed by atoms with van der Waals surface area (Å²) >= 11 is 3.07. The molecule has 9 heteroatoms. The van der Waals surface area contributed by atoms with Crippen LogP contribution in [0.4, 0.5) is 5.95 Å². The number of carbonyl (C=O) groups is 1. The second kappa shape index (κ2) is 9.76. The number of thiazole rings is 1. The molecular formula is C25H28N6OS2. The first-order chi connectivity index (χ1) is 16.5. The first-order valence-electron chi connectivity index (χ1n) is 11.5. The third-order valence-corrected chi connectivity index (χ3v) is 8.38. The van der Waals surface area contributed by atoms with Crippen LogP contribution in [0.1, 0.15) is 36.4 Å². The average Bonchev–Trinajstić information content (AvgIpc) is 3.61. The van der Waals surface area contributed by atoms with Crippen LogP contribution in [0, 0.1) is 6.92 Å². The van der Waals surface area contributed by atoms with Gasteiger partial charge in [0.25, 0.3) is 0 Å². The van der Waals surface area contributed by atoms with Crippen molar-refractivity contribution in [2.75, 3.05) is 30.8 Å². The molecule has 2 aromatic heterocycles. The molecule has 0 bridgehead atoms. The van der Waals surface area contributed by atoms with Crippen LogP contribution in [0.3, 0.4) is 0 Å². The van der Waals surface area contributed by atoms with Gasteiger partial charge in [0.2, 0.25) is 11.9 Å². The van der Waals surface area contributed by atoms with Crippen LogP contribution >= 0.6 is 23.1 Å². The third kappa shape index (κ3) is 4.54. The molecule has 0 radical (unpaired) electrons. The van der Waals surface area contributed by atoms with Crippen molar-refractivity contribution in [3.8, 4) is 5.69 Å². The van der Waals surface area contributed by atoms with Gasteiger partial charge >= 0.3 is 0 Å². The van der Waals surface area contributed by atoms with Gasteiger partial charge in [0.15, 0.2) is 5.16 Å². The SMILES string of the molecule is Cc1ccc(-n2c(SCC(=O)N(C)[C@H](C)c3nc4ccccc4s3)nnc2N2CCCC2)cc1. The van der Waals surface area contributed by atoms with E-state index < -0.39 is 0 Å². The lowest BCUT2D eigenvalue weighted by Gasteiger charge is -2.23. The van der Waals surface area contributed by atoms with E-state index in [9.17, 15) is 4.79 Å². The summed E-state index contributed by atoms with van der Waals surface area (Å²) in [5, 5.41) is 10.7. The van der Waals surface area contributed by atoms with Crippen molar-refractivity contribution in [3.63, 3.8) is 0 Å². The predicted molar refractivity (Wildman–Crippen MR) is 139 cm³/mol. The predicted octanol–water partition coefficient (Wildman–Crippen LogP) is 5.10. The number of carbonyl (C=O) groups excluding carboxylic acids is 1. The van der Waals surface area contributed by atoms with Crippen LogP contribution in [0.15, 0.2) is 53.7 Å². The van der Waals surface area contributed by atoms with Crippen molar-refractivity contribution in [3.05, 3.63) is 59.1 Å². The van der Waals surface area contributed by atoms with Gasteiger partial charge in [-0.1, -0.05) is 41.6 Å². The van der Waals surface area contributed by atoms with E-state index in [1.165, 1.54) is 17.3 Å². The average molecular weight is 493 g/mol. The highest BCUT2D eigenvalue weighted by Gasteiger charge is 2.25. The first-order valence-corrected chi connectivity index (χ1v) is 13.3. The molecule has 4 aromatic rings. The Morgan fingerprint density at radius 1 is 1.12 bits per heavy atom. The number of hydrogen-bond acceptors (Lipinski definition) is 7. The summed E-state index contributed by atoms with van der Waals surface area (Å²) in [7, 11) is 1.85. The molecule has 1 saturated heterocycles. The zero-order chi connectivity index (χ0) is 23.7. The molecule has 0 saturated carbocycles. The minimum atomic E-state index is -0.0966. The van der Waals surface area contributed by atoms with Crippen LogP contribution in [-0.2, 0) is 4.79 Å². The smallest absolute Gasteiger partial charge is 0.233 e. The van der Waals surface area contributed by atoms with Crippen molar-refractivity contribution >= 4 is 45.2 Å². The van der Waals surface area contributed by atoms with Crippen LogP contribution < -0.4 is 4.90 Å². The Hall–Kier alpha value is -2.91. The topological polar surface area (TPSA) is 67.2 Å². The zero-order valence-electron chi connectivity index (χ0n) is 19.6. The fourth-order valence-electron chi connectivity index (χ4n) is 4.08. The standard InChI is InChI=1S/C25H28N6OS2/c1-17-10-12-19(13-11-17)31-24(30-14-6-7-15-30)27-28-25(31)33-16-22(32)29(3)18(2)23-26-20-8-4-5-9-21(20)34-23/h4-5,8-13,18H,6-7,14-16H2,1-3H3/t18-/m1/s1. The number of thioether (sulfide) groups is 1. The molecule has 7 nitrogen and oxygen atoms in total. The molecule has 0 spiro atoms. The largest absolute Gasteiger partial charge is 0.341 e. The third-order valence-electron chi connectivity index (χ3n) is 6.26. The molecule has 2 aromatic carbocycles. The molecule has 176 valence electrons. The maximum absolute atomic E-state index is 13.1. The molecule has 1 fully saturated rings. The van der Waals surface area contributed by atoms with Gasteiger partial charge in [0, 0.05) is 20.1 Å². The van der Waals surface area contributed by atoms with Crippen LogP contribution in [-0.4, -0.2) is 56.4 Å². The van der Waals surface area contributed by atoms with E-state index >= 15 is 0 Å². The molecule has 1 aliphatic rings. The first kappa shape index (κ1) is 22.9. The van der Waals surface area contributed by atoms with E-state index in [1.807, 2.05) is 32.2 Å². The van der Waals surface area contributed by atoms with Crippen LogP contribution in [0.5, 0.6) is 0 Å². The molecule has 34 heavy (non-hydrogen) atoms. The highest BCUT2D eigenvalue weighted by Crippen LogP contribution is 2.31. The molecule has 0 unspecified atom stereocenters. The Morgan fingerprint density at radius 2 is 1.85 bits per heavy atom. The number of anilines is 1. The molecule has 3 heterocycles. The summed E-state index contributed by atoms with van der Waals surface area (Å²) in [4.78, 5) is 21.9. The van der Waals surface area contributed by atoms with Gasteiger partial charge in [-0.2, -0.15) is 0 Å². The second-order valence-corrected chi connectivity index (χ2v) is 10.6. The van der Waals surface area contributed by atoms with Crippen LogP contribution in [0.25, 0.3) is 15.9 Å². The number of aryl methyl sites for hydroxylation is 1. The van der Waals surface area contributed by atoms with Crippen molar-refractivity contribution in [1.29, 1.82) is 0 Å². The van der Waals surface area contributed by atoms with Gasteiger partial charge < -0.3 is 9.80 Å². The number of fused-ring (bicyclic) bond motifs is 1. The van der Waals surface area contributed by atoms with Gasteiger partial charge in [-0.15, -0.1) is 21.5 Å². The number of aromatic nitrogens is 4. The van der Waals surface area contributed by atoms with Gasteiger partial charge in [0.1, 0.15) is 5.01 Å². The van der Waals surface area contributed by atoms with Gasteiger partial charge in [0.05, 0.1) is 27.7 Å². The molecule has 1 atom stereocenters. The molecule has 0 N–H and O–H groups in total. The number of nitrogens with zero attached hydrogens (tertiary/aromatic N) is 6. The van der Waals surface area contributed by atoms with Gasteiger partial charge in [-0.25, -0.2) is 4.98 Å². The lowest BCUT2D eigenvalue weighted by Crippen LogP contribution is -2.31. The number of para-hydroxylation sites is 1. The monoisotopic (exact) mass is 492 g/mol. The summed E-state index contributed by atoms with van der Waals surface area (Å²) in [6.45, 7) is 6.07. The number of amides is 1. The summed E-state index contributed by atoms with van der Waals surface area (Å²) in [6, 6.07) is 16.3. The number of hydrogen-bond donors (Lipinski definition) is 0. The Bertz CT molecular complexity index is 1260. The van der Waals surface area contributed by atoms with E-state index in [0.29, 0.717) is 0 Å². The number of rotatable bonds is 7. The van der Waals surface area contributed by atoms with E-state index in [-0.39, 0.29) is 17.7 Å². The fourth-order valence-corrected chi connectivity index (χ4v) is 6.01. The Balaban J connectivity index is 1.33. The highest BCUT2D eigenvalue weighted by molar-refractivity contribution is 7.99. The minimum Gasteiger partial charge on any atom is -0.341 e. The Morgan fingerprint density at radius 3 is 2.59 bits per heavy atom. The van der Waals surface area contributed by atoms with E-state index in [1.54, 1.807) is 16.2 Å². The fraction of sp³-hybridized carbons (Fsp3) is 0.360. The second-order valence-electron chi connectivity index (χ2n) is 8.64. The lowest BCUT2D eigenvalue weighted by atomic mass is 10.2. The number of benzene rings is 2. The molecule has 5 rings (SSSR count). The normalized spacial score (nSPS) is 14.6. The zero-order valence-corrected chi connectivity index (χ0v) is 21.3. The van der Waals surface area contributed by atoms with Crippen molar-refractivity contribution in [2.45, 2.75) is 37.9 Å². The van der Waals surface area contributed by atoms with Crippen molar-refractivity contribution in [2.24, 2.45) is 0 Å². The summed E-state index contributed by atoms with van der Waals surface area (Å²) in [6.07, 6.45) is 2.33. The Labute approximate surface area is 207 Å². The van der Waals surface area contributed by atoms with E-state index in [0.717, 1.165) is 57.9 Å². The van der Waals surface area contributed by atoms with E-state index in [4.69, 9.17) is 4.98 Å². The lowest BCUT2D eigenvalue weighted by molar-refractivity contribution is -0.128. The summed E-state index contributed by atoms with van der Waals surface area (Å²) in [5.41, 5.74) is 3.20. The van der Waals surface area contributed by atoms with Crippen molar-refractivity contribution in [1.82, 2.24) is 24.6 Å². The maximum atomic E-state index is 13.1. The molecule has 1 amide bonds. The maximum Gasteiger partial charge on any atom is 0.233 e. The molecular weight excluding hydrogens is 464 g/mol. The minimum absolute atomic E-state index is 0.0398.